The molecule has 0 amide bonds. The zero-order valence-electron chi connectivity index (χ0n) is 17.4. The fourth-order valence-electron chi connectivity index (χ4n) is 3.49. The van der Waals surface area contributed by atoms with Crippen molar-refractivity contribution in [3.63, 3.8) is 0 Å². The zero-order valence-corrected chi connectivity index (χ0v) is 18.2. The van der Waals surface area contributed by atoms with Gasteiger partial charge in [-0.15, -0.1) is 0 Å². The number of nitrogens with zero attached hydrogens (tertiary/aromatic N) is 2. The van der Waals surface area contributed by atoms with Gasteiger partial charge < -0.3 is 10.0 Å². The van der Waals surface area contributed by atoms with Crippen molar-refractivity contribution in [2.75, 3.05) is 39.3 Å². The third-order valence-electron chi connectivity index (χ3n) is 5.43. The summed E-state index contributed by atoms with van der Waals surface area (Å²) in [5, 5.41) is 9.74. The fourth-order valence-corrected chi connectivity index (χ4v) is 3.61. The average Bonchev–Trinajstić information content (AvgIpc) is 2.75. The Morgan fingerprint density at radius 2 is 1.57 bits per heavy atom. The van der Waals surface area contributed by atoms with Crippen LogP contribution < -0.4 is 0 Å². The van der Waals surface area contributed by atoms with Crippen molar-refractivity contribution < 1.29 is 9.90 Å². The molecule has 0 unspecified atom stereocenters. The van der Waals surface area contributed by atoms with Gasteiger partial charge in [-0.2, -0.15) is 0 Å². The summed E-state index contributed by atoms with van der Waals surface area (Å²) in [5.74, 6) is -0.876. The van der Waals surface area contributed by atoms with E-state index in [0.29, 0.717) is 5.57 Å². The molecule has 0 atom stereocenters. The van der Waals surface area contributed by atoms with Gasteiger partial charge in [0.2, 0.25) is 0 Å². The van der Waals surface area contributed by atoms with Gasteiger partial charge in [0.25, 0.3) is 0 Å². The minimum Gasteiger partial charge on any atom is -0.478 e. The van der Waals surface area contributed by atoms with E-state index < -0.39 is 5.97 Å². The number of carbonyl (C=O) groups is 1. The summed E-state index contributed by atoms with van der Waals surface area (Å²) in [4.78, 5) is 15.9. The van der Waals surface area contributed by atoms with Crippen LogP contribution in [-0.4, -0.2) is 60.1 Å². The van der Waals surface area contributed by atoms with Gasteiger partial charge in [-0.1, -0.05) is 60.2 Å². The molecular formula is C25H29ClN2O2. The van der Waals surface area contributed by atoms with E-state index in [1.54, 1.807) is 13.0 Å². The molecule has 0 bridgehead atoms. The lowest BCUT2D eigenvalue weighted by molar-refractivity contribution is -0.132. The lowest BCUT2D eigenvalue weighted by atomic mass is 10.1. The Kier molecular flexibility index (Phi) is 8.26. The quantitative estimate of drug-likeness (QED) is 0.624. The zero-order chi connectivity index (χ0) is 21.3. The molecule has 0 spiro atoms. The first-order chi connectivity index (χ1) is 14.5. The monoisotopic (exact) mass is 424 g/mol. The van der Waals surface area contributed by atoms with Gasteiger partial charge in [-0.05, 0) is 48.2 Å². The predicted molar refractivity (Wildman–Crippen MR) is 125 cm³/mol. The van der Waals surface area contributed by atoms with Crippen molar-refractivity contribution in [2.24, 2.45) is 0 Å². The van der Waals surface area contributed by atoms with Crippen molar-refractivity contribution in [1.82, 2.24) is 9.80 Å². The molecule has 0 aliphatic carbocycles. The van der Waals surface area contributed by atoms with E-state index in [2.05, 4.69) is 34.1 Å². The third kappa shape index (κ3) is 7.13. The Hall–Kier alpha value is -2.40. The Morgan fingerprint density at radius 1 is 0.967 bits per heavy atom. The topological polar surface area (TPSA) is 43.8 Å². The predicted octanol–water partition coefficient (Wildman–Crippen LogP) is 4.70. The Labute approximate surface area is 184 Å². The molecule has 0 saturated carbocycles. The van der Waals surface area contributed by atoms with E-state index in [-0.39, 0.29) is 0 Å². The van der Waals surface area contributed by atoms with Gasteiger partial charge in [0.05, 0.1) is 0 Å². The SMILES string of the molecule is C/C(=C\c1ccc(CCN2CCN(C/C=C/c3ccc(Cl)cc3)CC2)cc1)C(=O)O. The smallest absolute Gasteiger partial charge is 0.331 e. The van der Waals surface area contributed by atoms with Crippen LogP contribution in [0.4, 0.5) is 0 Å². The number of benzene rings is 2. The highest BCUT2D eigenvalue weighted by molar-refractivity contribution is 6.30. The van der Waals surface area contributed by atoms with Crippen LogP contribution in [0, 0.1) is 0 Å². The number of hydrogen-bond donors (Lipinski definition) is 1. The van der Waals surface area contributed by atoms with Crippen molar-refractivity contribution >= 4 is 29.7 Å². The number of carboxylic acids is 1. The maximum Gasteiger partial charge on any atom is 0.331 e. The number of carboxylic acid groups (broad SMARTS) is 1. The summed E-state index contributed by atoms with van der Waals surface area (Å²) in [6.07, 6.45) is 7.09. The van der Waals surface area contributed by atoms with E-state index in [1.165, 1.54) is 11.1 Å². The van der Waals surface area contributed by atoms with Crippen LogP contribution in [0.25, 0.3) is 12.2 Å². The molecule has 4 nitrogen and oxygen atoms in total. The van der Waals surface area contributed by atoms with Crippen LogP contribution in [0.15, 0.2) is 60.2 Å². The standard InChI is InChI=1S/C25H29ClN2O2/c1-20(25(29)30)19-23-6-4-22(5-7-23)12-14-28-17-15-27(16-18-28)13-2-3-21-8-10-24(26)11-9-21/h2-11,19H,12-18H2,1H3,(H,29,30)/b3-2+,20-19+. The lowest BCUT2D eigenvalue weighted by Crippen LogP contribution is -2.46. The number of hydrogen-bond acceptors (Lipinski definition) is 3. The lowest BCUT2D eigenvalue weighted by Gasteiger charge is -2.34. The molecule has 2 aromatic rings. The Bertz CT molecular complexity index is 880. The summed E-state index contributed by atoms with van der Waals surface area (Å²) >= 11 is 5.92. The van der Waals surface area contributed by atoms with Crippen molar-refractivity contribution in [3.05, 3.63) is 81.9 Å². The molecule has 0 radical (unpaired) electrons. The minimum atomic E-state index is -0.876. The molecule has 30 heavy (non-hydrogen) atoms. The molecule has 3 rings (SSSR count). The molecule has 158 valence electrons. The number of aliphatic carboxylic acids is 1. The first kappa shape index (κ1) is 22.3. The molecule has 0 aromatic heterocycles. The van der Waals surface area contributed by atoms with Gasteiger partial charge in [0, 0.05) is 49.9 Å². The van der Waals surface area contributed by atoms with Crippen LogP contribution >= 0.6 is 11.6 Å². The highest BCUT2D eigenvalue weighted by atomic mass is 35.5. The summed E-state index contributed by atoms with van der Waals surface area (Å²) in [5.41, 5.74) is 3.74. The van der Waals surface area contributed by atoms with Crippen molar-refractivity contribution in [3.8, 4) is 0 Å². The first-order valence-corrected chi connectivity index (χ1v) is 10.7. The number of piperazine rings is 1. The molecule has 2 aromatic carbocycles. The van der Waals surface area contributed by atoms with Crippen LogP contribution in [0.5, 0.6) is 0 Å². The van der Waals surface area contributed by atoms with E-state index in [9.17, 15) is 4.79 Å². The third-order valence-corrected chi connectivity index (χ3v) is 5.68. The van der Waals surface area contributed by atoms with Crippen LogP contribution in [0.3, 0.4) is 0 Å². The summed E-state index contributed by atoms with van der Waals surface area (Å²) in [6, 6.07) is 16.1. The highest BCUT2D eigenvalue weighted by Crippen LogP contribution is 2.12. The van der Waals surface area contributed by atoms with Crippen LogP contribution in [-0.2, 0) is 11.2 Å². The van der Waals surface area contributed by atoms with Gasteiger partial charge >= 0.3 is 5.97 Å². The Balaban J connectivity index is 1.38. The molecule has 1 heterocycles. The van der Waals surface area contributed by atoms with Crippen molar-refractivity contribution in [1.29, 1.82) is 0 Å². The molecule has 1 fully saturated rings. The minimum absolute atomic E-state index is 0.351. The van der Waals surface area contributed by atoms with E-state index in [0.717, 1.165) is 56.3 Å². The second kappa shape index (κ2) is 11.1. The first-order valence-electron chi connectivity index (χ1n) is 10.4. The fraction of sp³-hybridized carbons (Fsp3) is 0.320. The van der Waals surface area contributed by atoms with Crippen LogP contribution in [0.1, 0.15) is 23.6 Å². The second-order valence-electron chi connectivity index (χ2n) is 7.72. The maximum absolute atomic E-state index is 10.9. The van der Waals surface area contributed by atoms with Crippen molar-refractivity contribution in [2.45, 2.75) is 13.3 Å². The Morgan fingerprint density at radius 3 is 2.20 bits per heavy atom. The van der Waals surface area contributed by atoms with Gasteiger partial charge in [0.1, 0.15) is 0 Å². The summed E-state index contributed by atoms with van der Waals surface area (Å²) in [7, 11) is 0. The molecule has 1 aliphatic rings. The van der Waals surface area contributed by atoms with Gasteiger partial charge in [0.15, 0.2) is 0 Å². The van der Waals surface area contributed by atoms with Gasteiger partial charge in [-0.25, -0.2) is 4.79 Å². The molecule has 1 aliphatic heterocycles. The summed E-state index contributed by atoms with van der Waals surface area (Å²) < 4.78 is 0. The highest BCUT2D eigenvalue weighted by Gasteiger charge is 2.15. The largest absolute Gasteiger partial charge is 0.478 e. The maximum atomic E-state index is 10.9. The van der Waals surface area contributed by atoms with Crippen LogP contribution in [0.2, 0.25) is 5.02 Å². The van der Waals surface area contributed by atoms with E-state index in [1.807, 2.05) is 36.4 Å². The summed E-state index contributed by atoms with van der Waals surface area (Å²) in [6.45, 7) is 8.00. The normalized spacial score (nSPS) is 16.3. The van der Waals surface area contributed by atoms with Gasteiger partial charge in [-0.3, -0.25) is 4.90 Å². The number of halogens is 1. The molecular weight excluding hydrogens is 396 g/mol. The van der Waals surface area contributed by atoms with E-state index in [4.69, 9.17) is 16.7 Å². The molecule has 5 heteroatoms. The second-order valence-corrected chi connectivity index (χ2v) is 8.16. The van der Waals surface area contributed by atoms with E-state index >= 15 is 0 Å². The molecule has 1 saturated heterocycles. The number of rotatable bonds is 8. The average molecular weight is 425 g/mol. The molecule has 1 N–H and O–H groups in total.